The maximum absolute atomic E-state index is 3.48. The quantitative estimate of drug-likeness (QED) is 0.825. The summed E-state index contributed by atoms with van der Waals surface area (Å²) in [5.74, 6) is 1.17. The minimum Gasteiger partial charge on any atom is -0.309 e. The van der Waals surface area contributed by atoms with E-state index in [1.54, 1.807) is 0 Å². The van der Waals surface area contributed by atoms with Crippen LogP contribution in [-0.2, 0) is 0 Å². The summed E-state index contributed by atoms with van der Waals surface area (Å²) >= 11 is 5.31. The van der Waals surface area contributed by atoms with Crippen molar-refractivity contribution in [2.45, 2.75) is 13.0 Å². The largest absolute Gasteiger partial charge is 0.309 e. The summed E-state index contributed by atoms with van der Waals surface area (Å²) in [6.45, 7) is 3.27. The number of hydrogen-bond donors (Lipinski definition) is 1. The van der Waals surface area contributed by atoms with Crippen molar-refractivity contribution in [3.05, 3.63) is 34.3 Å². The fraction of sp³-hybridized carbons (Fsp3) is 0.455. The van der Waals surface area contributed by atoms with E-state index in [0.29, 0.717) is 6.04 Å². The van der Waals surface area contributed by atoms with Crippen molar-refractivity contribution in [2.24, 2.45) is 0 Å². The Bertz CT molecular complexity index is 260. The Morgan fingerprint density at radius 1 is 1.36 bits per heavy atom. The zero-order valence-electron chi connectivity index (χ0n) is 8.59. The maximum Gasteiger partial charge on any atom is 0.0292 e. The van der Waals surface area contributed by atoms with Gasteiger partial charge in [0.25, 0.3) is 0 Å². The van der Waals surface area contributed by atoms with Gasteiger partial charge in [-0.2, -0.15) is 11.8 Å². The van der Waals surface area contributed by atoms with Crippen molar-refractivity contribution in [1.29, 1.82) is 0 Å². The highest BCUT2D eigenvalue weighted by Gasteiger charge is 2.02. The van der Waals surface area contributed by atoms with E-state index in [-0.39, 0.29) is 0 Å². The molecule has 0 bridgehead atoms. The predicted molar refractivity (Wildman–Crippen MR) is 68.9 cm³/mol. The third-order valence-corrected chi connectivity index (χ3v) is 3.27. The first-order chi connectivity index (χ1) is 6.74. The van der Waals surface area contributed by atoms with Gasteiger partial charge in [0.2, 0.25) is 0 Å². The highest BCUT2D eigenvalue weighted by molar-refractivity contribution is 9.10. The zero-order chi connectivity index (χ0) is 10.4. The van der Waals surface area contributed by atoms with Gasteiger partial charge in [0.05, 0.1) is 0 Å². The van der Waals surface area contributed by atoms with Crippen LogP contribution >= 0.6 is 27.7 Å². The maximum atomic E-state index is 3.48. The monoisotopic (exact) mass is 273 g/mol. The molecule has 0 amide bonds. The summed E-state index contributed by atoms with van der Waals surface area (Å²) in [4.78, 5) is 0. The molecule has 14 heavy (non-hydrogen) atoms. The normalized spacial score (nSPS) is 12.8. The van der Waals surface area contributed by atoms with Crippen LogP contribution < -0.4 is 5.32 Å². The van der Waals surface area contributed by atoms with Crippen LogP contribution in [-0.4, -0.2) is 18.6 Å². The van der Waals surface area contributed by atoms with Crippen LogP contribution in [0.25, 0.3) is 0 Å². The first kappa shape index (κ1) is 12.1. The van der Waals surface area contributed by atoms with E-state index in [1.165, 1.54) is 11.3 Å². The van der Waals surface area contributed by atoms with Crippen molar-refractivity contribution in [3.8, 4) is 0 Å². The van der Waals surface area contributed by atoms with E-state index in [4.69, 9.17) is 0 Å². The second-order valence-electron chi connectivity index (χ2n) is 3.22. The third-order valence-electron chi connectivity index (χ3n) is 2.13. The number of nitrogens with one attached hydrogen (secondary N) is 1. The van der Waals surface area contributed by atoms with E-state index >= 15 is 0 Å². The molecule has 1 aromatic carbocycles. The zero-order valence-corrected chi connectivity index (χ0v) is 11.0. The molecule has 3 heteroatoms. The van der Waals surface area contributed by atoms with Crippen LogP contribution in [0.4, 0.5) is 0 Å². The Kier molecular flexibility index (Phi) is 5.60. The molecule has 0 unspecified atom stereocenters. The van der Waals surface area contributed by atoms with E-state index in [9.17, 15) is 0 Å². The summed E-state index contributed by atoms with van der Waals surface area (Å²) < 4.78 is 1.14. The molecule has 0 heterocycles. The van der Waals surface area contributed by atoms with Gasteiger partial charge in [0.15, 0.2) is 0 Å². The molecule has 0 radical (unpaired) electrons. The molecule has 0 aromatic heterocycles. The molecule has 0 saturated carbocycles. The van der Waals surface area contributed by atoms with Gasteiger partial charge in [0, 0.05) is 22.8 Å². The molecular weight excluding hydrogens is 258 g/mol. The summed E-state index contributed by atoms with van der Waals surface area (Å²) in [7, 11) is 0. The second-order valence-corrected chi connectivity index (χ2v) is 5.12. The Balaban J connectivity index is 2.43. The molecule has 78 valence electrons. The molecule has 0 aliphatic heterocycles. The van der Waals surface area contributed by atoms with Crippen molar-refractivity contribution in [1.82, 2.24) is 5.32 Å². The van der Waals surface area contributed by atoms with Crippen molar-refractivity contribution in [3.63, 3.8) is 0 Å². The molecular formula is C11H16BrNS. The molecule has 0 fully saturated rings. The molecule has 1 aromatic rings. The average molecular weight is 274 g/mol. The SMILES string of the molecule is CSCCN[C@H](C)c1ccc(Br)cc1. The first-order valence-corrected chi connectivity index (χ1v) is 6.90. The van der Waals surface area contributed by atoms with E-state index in [1.807, 2.05) is 11.8 Å². The number of thioether (sulfide) groups is 1. The first-order valence-electron chi connectivity index (χ1n) is 4.72. The minimum absolute atomic E-state index is 0.440. The van der Waals surface area contributed by atoms with E-state index < -0.39 is 0 Å². The van der Waals surface area contributed by atoms with Crippen molar-refractivity contribution < 1.29 is 0 Å². The topological polar surface area (TPSA) is 12.0 Å². The Morgan fingerprint density at radius 2 is 2.00 bits per heavy atom. The molecule has 1 rings (SSSR count). The number of benzene rings is 1. The summed E-state index contributed by atoms with van der Waals surface area (Å²) in [5, 5.41) is 3.48. The molecule has 0 spiro atoms. The van der Waals surface area contributed by atoms with Crippen LogP contribution in [0.1, 0.15) is 18.5 Å². The van der Waals surface area contributed by atoms with Gasteiger partial charge in [-0.3, -0.25) is 0 Å². The van der Waals surface area contributed by atoms with Gasteiger partial charge in [0.1, 0.15) is 0 Å². The van der Waals surface area contributed by atoms with Gasteiger partial charge >= 0.3 is 0 Å². The minimum atomic E-state index is 0.440. The average Bonchev–Trinajstić information content (AvgIpc) is 2.19. The summed E-state index contributed by atoms with van der Waals surface area (Å²) in [6, 6.07) is 8.92. The molecule has 0 aliphatic carbocycles. The number of hydrogen-bond acceptors (Lipinski definition) is 2. The summed E-state index contributed by atoms with van der Waals surface area (Å²) in [5.41, 5.74) is 1.34. The lowest BCUT2D eigenvalue weighted by Crippen LogP contribution is -2.21. The Hall–Kier alpha value is 0.01000. The predicted octanol–water partition coefficient (Wildman–Crippen LogP) is 3.46. The van der Waals surface area contributed by atoms with Crippen molar-refractivity contribution >= 4 is 27.7 Å². The second kappa shape index (κ2) is 6.49. The van der Waals surface area contributed by atoms with E-state index in [2.05, 4.69) is 58.7 Å². The van der Waals surface area contributed by atoms with Crippen LogP contribution in [0.2, 0.25) is 0 Å². The molecule has 0 saturated heterocycles. The fourth-order valence-electron chi connectivity index (χ4n) is 1.25. The Labute approximate surface area is 98.8 Å². The van der Waals surface area contributed by atoms with Crippen LogP contribution in [0.15, 0.2) is 28.7 Å². The van der Waals surface area contributed by atoms with Crippen molar-refractivity contribution in [2.75, 3.05) is 18.6 Å². The Morgan fingerprint density at radius 3 is 2.57 bits per heavy atom. The fourth-order valence-corrected chi connectivity index (χ4v) is 1.83. The van der Waals surface area contributed by atoms with Gasteiger partial charge in [-0.1, -0.05) is 28.1 Å². The summed E-state index contributed by atoms with van der Waals surface area (Å²) in [6.07, 6.45) is 2.13. The lowest BCUT2D eigenvalue weighted by Gasteiger charge is -2.13. The molecule has 0 aliphatic rings. The molecule has 1 atom stereocenters. The highest BCUT2D eigenvalue weighted by Crippen LogP contribution is 2.16. The van der Waals surface area contributed by atoms with E-state index in [0.717, 1.165) is 11.0 Å². The smallest absolute Gasteiger partial charge is 0.0292 e. The van der Waals surface area contributed by atoms with Crippen LogP contribution in [0.5, 0.6) is 0 Å². The number of halogens is 1. The standard InChI is InChI=1S/C11H16BrNS/c1-9(13-7-8-14-2)10-3-5-11(12)6-4-10/h3-6,9,13H,7-8H2,1-2H3/t9-/m1/s1. The lowest BCUT2D eigenvalue weighted by atomic mass is 10.1. The van der Waals surface area contributed by atoms with Gasteiger partial charge in [-0.05, 0) is 30.9 Å². The van der Waals surface area contributed by atoms with Crippen LogP contribution in [0, 0.1) is 0 Å². The highest BCUT2D eigenvalue weighted by atomic mass is 79.9. The number of rotatable bonds is 5. The van der Waals surface area contributed by atoms with Gasteiger partial charge < -0.3 is 5.32 Å². The third kappa shape index (κ3) is 4.03. The molecule has 1 nitrogen and oxygen atoms in total. The van der Waals surface area contributed by atoms with Crippen LogP contribution in [0.3, 0.4) is 0 Å². The lowest BCUT2D eigenvalue weighted by molar-refractivity contribution is 0.601. The molecule has 1 N–H and O–H groups in total. The van der Waals surface area contributed by atoms with Gasteiger partial charge in [-0.25, -0.2) is 0 Å². The van der Waals surface area contributed by atoms with Gasteiger partial charge in [-0.15, -0.1) is 0 Å².